The lowest BCUT2D eigenvalue weighted by Crippen LogP contribution is -2.45. The van der Waals surface area contributed by atoms with Crippen molar-refractivity contribution in [1.82, 2.24) is 21.1 Å². The highest BCUT2D eigenvalue weighted by Crippen LogP contribution is 2.40. The summed E-state index contributed by atoms with van der Waals surface area (Å²) >= 11 is 0. The van der Waals surface area contributed by atoms with Crippen LogP contribution in [0.4, 0.5) is 8.78 Å². The Bertz CT molecular complexity index is 1010. The summed E-state index contributed by atoms with van der Waals surface area (Å²) in [5, 5.41) is 2.95. The van der Waals surface area contributed by atoms with E-state index in [1.54, 1.807) is 24.3 Å². The van der Waals surface area contributed by atoms with Gasteiger partial charge >= 0.3 is 0 Å². The number of fused-ring (bicyclic) bond motifs is 1. The highest BCUT2D eigenvalue weighted by atomic mass is 19.1. The summed E-state index contributed by atoms with van der Waals surface area (Å²) in [6.07, 6.45) is 6.46. The van der Waals surface area contributed by atoms with Crippen molar-refractivity contribution in [1.29, 1.82) is 0 Å². The zero-order valence-corrected chi connectivity index (χ0v) is 19.5. The molecule has 2 saturated heterocycles. The lowest BCUT2D eigenvalue weighted by molar-refractivity contribution is -0.124. The van der Waals surface area contributed by atoms with Crippen molar-refractivity contribution < 1.29 is 13.6 Å². The minimum Gasteiger partial charge on any atom is -0.351 e. The second kappa shape index (κ2) is 10.5. The molecule has 0 bridgehead atoms. The van der Waals surface area contributed by atoms with Gasteiger partial charge < -0.3 is 5.32 Å². The SMILES string of the molecule is O=C(NCc1cccc(F)c1)C1NNC2CCC(c3cc(F)cc(CN4CCCCC4)c3)CC21. The molecule has 182 valence electrons. The van der Waals surface area contributed by atoms with Gasteiger partial charge in [0.1, 0.15) is 17.7 Å². The fraction of sp³-hybridized carbons (Fsp3) is 0.519. The number of nitrogens with zero attached hydrogens (tertiary/aromatic N) is 1. The van der Waals surface area contributed by atoms with Crippen LogP contribution in [0.2, 0.25) is 0 Å². The predicted molar refractivity (Wildman–Crippen MR) is 128 cm³/mol. The van der Waals surface area contributed by atoms with Gasteiger partial charge in [-0.3, -0.25) is 15.1 Å². The first-order valence-corrected chi connectivity index (χ1v) is 12.6. The standard InChI is InChI=1S/C27H34F2N4O/c28-22-6-4-5-18(12-22)16-30-27(34)26-24-15-20(7-8-25(24)31-32-26)21-11-19(13-23(29)14-21)17-33-9-2-1-3-10-33/h4-6,11-14,20,24-26,31-32H,1-3,7-10,15-17H2,(H,30,34). The molecule has 3 aliphatic rings. The van der Waals surface area contributed by atoms with Crippen molar-refractivity contribution >= 4 is 5.91 Å². The van der Waals surface area contributed by atoms with E-state index in [1.807, 2.05) is 0 Å². The molecule has 0 spiro atoms. The van der Waals surface area contributed by atoms with Gasteiger partial charge in [0.15, 0.2) is 0 Å². The van der Waals surface area contributed by atoms with Crippen LogP contribution >= 0.6 is 0 Å². The van der Waals surface area contributed by atoms with E-state index in [1.165, 1.54) is 31.4 Å². The van der Waals surface area contributed by atoms with Crippen LogP contribution in [0.5, 0.6) is 0 Å². The number of rotatable bonds is 6. The molecule has 2 aliphatic heterocycles. The van der Waals surface area contributed by atoms with Crippen molar-refractivity contribution in [3.8, 4) is 0 Å². The number of likely N-dealkylation sites (tertiary alicyclic amines) is 1. The van der Waals surface area contributed by atoms with Gasteiger partial charge in [-0.05, 0) is 92.1 Å². The van der Waals surface area contributed by atoms with Gasteiger partial charge in [0.2, 0.25) is 5.91 Å². The first-order valence-electron chi connectivity index (χ1n) is 12.6. The molecule has 3 fully saturated rings. The molecule has 1 saturated carbocycles. The van der Waals surface area contributed by atoms with Gasteiger partial charge in [-0.15, -0.1) is 0 Å². The Kier molecular flexibility index (Phi) is 7.23. The van der Waals surface area contributed by atoms with Crippen molar-refractivity contribution in [2.45, 2.75) is 69.6 Å². The van der Waals surface area contributed by atoms with Crippen LogP contribution in [0.1, 0.15) is 61.1 Å². The monoisotopic (exact) mass is 468 g/mol. The van der Waals surface area contributed by atoms with Crippen molar-refractivity contribution in [2.75, 3.05) is 13.1 Å². The molecule has 5 rings (SSSR count). The van der Waals surface area contributed by atoms with E-state index in [2.05, 4.69) is 27.1 Å². The Balaban J connectivity index is 1.24. The normalized spacial score (nSPS) is 27.4. The summed E-state index contributed by atoms with van der Waals surface area (Å²) in [5.74, 6) is -0.205. The Labute approximate surface area is 200 Å². The van der Waals surface area contributed by atoms with Crippen LogP contribution in [0, 0.1) is 17.6 Å². The largest absolute Gasteiger partial charge is 0.351 e. The average Bonchev–Trinajstić information content (AvgIpc) is 3.26. The fourth-order valence-electron chi connectivity index (χ4n) is 5.94. The van der Waals surface area contributed by atoms with Gasteiger partial charge in [-0.2, -0.15) is 0 Å². The first kappa shape index (κ1) is 23.4. The average molecular weight is 469 g/mol. The van der Waals surface area contributed by atoms with E-state index in [-0.39, 0.29) is 41.5 Å². The van der Waals surface area contributed by atoms with Crippen LogP contribution in [0.3, 0.4) is 0 Å². The highest BCUT2D eigenvalue weighted by molar-refractivity contribution is 5.82. The second-order valence-electron chi connectivity index (χ2n) is 10.1. The van der Waals surface area contributed by atoms with Gasteiger partial charge in [-0.25, -0.2) is 14.2 Å². The number of amides is 1. The molecule has 5 nitrogen and oxygen atoms in total. The van der Waals surface area contributed by atoms with Gasteiger partial charge in [-0.1, -0.05) is 24.6 Å². The number of hydrazine groups is 1. The molecule has 2 aromatic carbocycles. The summed E-state index contributed by atoms with van der Waals surface area (Å²) in [6.45, 7) is 3.27. The zero-order valence-electron chi connectivity index (χ0n) is 19.5. The Hall–Kier alpha value is -2.35. The maximum Gasteiger partial charge on any atom is 0.239 e. The molecule has 34 heavy (non-hydrogen) atoms. The van der Waals surface area contributed by atoms with Gasteiger partial charge in [0.05, 0.1) is 0 Å². The number of hydrogen-bond acceptors (Lipinski definition) is 4. The molecule has 1 aliphatic carbocycles. The summed E-state index contributed by atoms with van der Waals surface area (Å²) in [7, 11) is 0. The topological polar surface area (TPSA) is 56.4 Å². The third kappa shape index (κ3) is 5.48. The minimum absolute atomic E-state index is 0.0880. The van der Waals surface area contributed by atoms with Crippen LogP contribution in [0.25, 0.3) is 0 Å². The number of carbonyl (C=O) groups excluding carboxylic acids is 1. The highest BCUT2D eigenvalue weighted by Gasteiger charge is 2.43. The lowest BCUT2D eigenvalue weighted by Gasteiger charge is -2.33. The maximum atomic E-state index is 14.6. The second-order valence-corrected chi connectivity index (χ2v) is 10.1. The number of benzene rings is 2. The molecule has 3 N–H and O–H groups in total. The van der Waals surface area contributed by atoms with Gasteiger partial charge in [0, 0.05) is 25.0 Å². The van der Waals surface area contributed by atoms with Crippen molar-refractivity contribution in [3.05, 3.63) is 70.8 Å². The van der Waals surface area contributed by atoms with Crippen LogP contribution < -0.4 is 16.2 Å². The fourth-order valence-corrected chi connectivity index (χ4v) is 5.94. The molecule has 7 heteroatoms. The van der Waals surface area contributed by atoms with E-state index in [0.717, 1.165) is 55.6 Å². The first-order chi connectivity index (χ1) is 16.5. The molecular formula is C27H34F2N4O. The van der Waals surface area contributed by atoms with Crippen molar-refractivity contribution in [2.24, 2.45) is 5.92 Å². The number of carbonyl (C=O) groups is 1. The smallest absolute Gasteiger partial charge is 0.239 e. The lowest BCUT2D eigenvalue weighted by atomic mass is 9.73. The van der Waals surface area contributed by atoms with E-state index >= 15 is 0 Å². The van der Waals surface area contributed by atoms with E-state index in [0.29, 0.717) is 6.54 Å². The van der Waals surface area contributed by atoms with E-state index in [9.17, 15) is 13.6 Å². The summed E-state index contributed by atoms with van der Waals surface area (Å²) in [6, 6.07) is 11.7. The number of piperidine rings is 1. The molecule has 2 heterocycles. The molecule has 4 unspecified atom stereocenters. The number of halogens is 2. The van der Waals surface area contributed by atoms with Crippen LogP contribution in [-0.4, -0.2) is 36.0 Å². The van der Waals surface area contributed by atoms with Crippen molar-refractivity contribution in [3.63, 3.8) is 0 Å². The summed E-state index contributed by atoms with van der Waals surface area (Å²) in [5.41, 5.74) is 9.31. The molecule has 4 atom stereocenters. The van der Waals surface area contributed by atoms with E-state index < -0.39 is 0 Å². The Morgan fingerprint density at radius 1 is 0.971 bits per heavy atom. The van der Waals surface area contributed by atoms with Crippen LogP contribution in [-0.2, 0) is 17.9 Å². The minimum atomic E-state index is -0.359. The summed E-state index contributed by atoms with van der Waals surface area (Å²) in [4.78, 5) is 15.4. The number of nitrogens with one attached hydrogen (secondary N) is 3. The quantitative estimate of drug-likeness (QED) is 0.600. The molecule has 0 aromatic heterocycles. The van der Waals surface area contributed by atoms with Gasteiger partial charge in [0.25, 0.3) is 0 Å². The molecule has 0 radical (unpaired) electrons. The molecule has 1 amide bonds. The predicted octanol–water partition coefficient (Wildman–Crippen LogP) is 4.00. The Morgan fingerprint density at radius 3 is 2.62 bits per heavy atom. The van der Waals surface area contributed by atoms with Crippen LogP contribution in [0.15, 0.2) is 42.5 Å². The van der Waals surface area contributed by atoms with E-state index in [4.69, 9.17) is 0 Å². The number of hydrogen-bond donors (Lipinski definition) is 3. The summed E-state index contributed by atoms with van der Waals surface area (Å²) < 4.78 is 28.0. The zero-order chi connectivity index (χ0) is 23.5. The maximum absolute atomic E-state index is 14.6. The third-order valence-electron chi connectivity index (χ3n) is 7.70. The third-order valence-corrected chi connectivity index (χ3v) is 7.70. The molecule has 2 aromatic rings. The molecular weight excluding hydrogens is 434 g/mol. The Morgan fingerprint density at radius 2 is 1.79 bits per heavy atom.